The number of non-ortho nitro benzene ring substituents is 1. The van der Waals surface area contributed by atoms with E-state index in [-0.39, 0.29) is 40.9 Å². The van der Waals surface area contributed by atoms with Crippen molar-refractivity contribution in [2.24, 2.45) is 0 Å². The Morgan fingerprint density at radius 2 is 1.13 bits per heavy atom. The standard InChI is InChI=1S/C27H30N4O11.C20H22N4O10/c1-18-24(41-26(32)38-13-12-29(3)17-20-8-5-4-6-9-20)23(21-10-7-11-22(16-21)30(34)35)25(19(2)28-18)42-27(33)39-14-15-40-31(36)37;1-10(2)31-20(26)33-18-12(4)21-11(3)17(32-19(25)29-8-9-30-24(27)28)15(18)13-6-5-7-14-16(13)23-34-22-14/h4-11,16,23,28H,12-15,17H2,1-3H3;5-7,10,15,21H,8-9H2,1-4H3. The van der Waals surface area contributed by atoms with Gasteiger partial charge >= 0.3 is 24.6 Å². The molecule has 3 heterocycles. The Labute approximate surface area is 431 Å². The molecule has 2 aliphatic heterocycles. The normalized spacial score (nSPS) is 15.1. The lowest BCUT2D eigenvalue weighted by Gasteiger charge is -2.30. The van der Waals surface area contributed by atoms with Gasteiger partial charge in [-0.05, 0) is 76.1 Å². The molecule has 0 saturated heterocycles. The maximum Gasteiger partial charge on any atom is 0.513 e. The van der Waals surface area contributed by atoms with Crippen LogP contribution in [0.2, 0.25) is 0 Å². The topological polar surface area (TPSA) is 356 Å². The van der Waals surface area contributed by atoms with Gasteiger partial charge < -0.3 is 58.2 Å². The molecule has 2 atom stereocenters. The molecule has 29 heteroatoms. The lowest BCUT2D eigenvalue weighted by atomic mass is 9.89. The second-order valence-corrected chi connectivity index (χ2v) is 16.4. The number of nitrogens with one attached hydrogen (secondary N) is 2. The molecule has 6 rings (SSSR count). The monoisotopic (exact) mass is 1060 g/mol. The zero-order valence-corrected chi connectivity index (χ0v) is 41.9. The molecule has 1 aromatic heterocycles. The van der Waals surface area contributed by atoms with Crippen LogP contribution in [0, 0.1) is 30.3 Å². The third-order valence-corrected chi connectivity index (χ3v) is 10.4. The van der Waals surface area contributed by atoms with Crippen LogP contribution in [0.4, 0.5) is 24.9 Å². The van der Waals surface area contributed by atoms with Crippen LogP contribution in [-0.2, 0) is 54.1 Å². The quantitative estimate of drug-likeness (QED) is 0.0265. The minimum Gasteiger partial charge on any atom is -0.433 e. The van der Waals surface area contributed by atoms with Gasteiger partial charge in [0.05, 0.1) is 33.8 Å². The number of hydrogen-bond donors (Lipinski definition) is 2. The van der Waals surface area contributed by atoms with E-state index in [1.54, 1.807) is 59.7 Å². The maximum atomic E-state index is 12.7. The SMILES string of the molecule is CC1=C(OC(=O)OCCO[N+](=O)[O-])C(c2cccc([N+](=O)[O-])c2)C(OC(=O)OCCN(C)Cc2ccccc2)=C(C)N1.CC1=C(OC(=O)OCCO[N+](=O)[O-])C(c2cccc3nonc23)C(OC(=O)OC(C)C)=C(C)N1. The van der Waals surface area contributed by atoms with Crippen molar-refractivity contribution in [2.45, 2.75) is 66.0 Å². The van der Waals surface area contributed by atoms with E-state index in [0.29, 0.717) is 52.5 Å². The summed E-state index contributed by atoms with van der Waals surface area (Å²) < 4.78 is 46.8. The average Bonchev–Trinajstić information content (AvgIpc) is 3.85. The van der Waals surface area contributed by atoms with Crippen molar-refractivity contribution in [2.75, 3.05) is 46.6 Å². The predicted octanol–water partition coefficient (Wildman–Crippen LogP) is 7.69. The Bertz CT molecular complexity index is 2900. The summed E-state index contributed by atoms with van der Waals surface area (Å²) in [6, 6.07) is 20.3. The van der Waals surface area contributed by atoms with Crippen LogP contribution >= 0.6 is 0 Å². The fourth-order valence-corrected chi connectivity index (χ4v) is 7.31. The number of ether oxygens (including phenoxy) is 8. The summed E-state index contributed by atoms with van der Waals surface area (Å²) in [6.07, 6.45) is -4.80. The number of hydrogen-bond acceptors (Lipinski definition) is 26. The Hall–Kier alpha value is -9.54. The second-order valence-electron chi connectivity index (χ2n) is 16.4. The first kappa shape index (κ1) is 57.4. The lowest BCUT2D eigenvalue weighted by Crippen LogP contribution is -2.30. The van der Waals surface area contributed by atoms with Gasteiger partial charge in [0.1, 0.15) is 78.9 Å². The summed E-state index contributed by atoms with van der Waals surface area (Å²) in [6.45, 7) is 8.98. The highest BCUT2D eigenvalue weighted by molar-refractivity contribution is 5.79. The maximum absolute atomic E-state index is 12.7. The van der Waals surface area contributed by atoms with Crippen LogP contribution in [0.5, 0.6) is 0 Å². The third kappa shape index (κ3) is 16.8. The first-order chi connectivity index (χ1) is 36.2. The highest BCUT2D eigenvalue weighted by atomic mass is 17.0. The van der Waals surface area contributed by atoms with Crippen LogP contribution in [0.1, 0.15) is 70.1 Å². The summed E-state index contributed by atoms with van der Waals surface area (Å²) in [7, 11) is 1.87. The fraction of sp³-hybridized carbons (Fsp3) is 0.362. The summed E-state index contributed by atoms with van der Waals surface area (Å²) >= 11 is 0. The zero-order chi connectivity index (χ0) is 55.5. The van der Waals surface area contributed by atoms with E-state index in [9.17, 15) is 49.5 Å². The molecule has 4 aromatic rings. The molecule has 0 fully saturated rings. The van der Waals surface area contributed by atoms with Gasteiger partial charge in [0, 0.05) is 30.8 Å². The number of fused-ring (bicyclic) bond motifs is 1. The third-order valence-electron chi connectivity index (χ3n) is 10.4. The van der Waals surface area contributed by atoms with E-state index < -0.39 is 84.1 Å². The zero-order valence-electron chi connectivity index (χ0n) is 41.9. The molecule has 0 spiro atoms. The molecule has 2 aliphatic rings. The molecule has 0 aliphatic carbocycles. The first-order valence-electron chi connectivity index (χ1n) is 22.7. The van der Waals surface area contributed by atoms with E-state index in [0.717, 1.165) is 5.56 Å². The van der Waals surface area contributed by atoms with E-state index in [1.165, 1.54) is 24.3 Å². The number of carbonyl (C=O) groups is 4. The van der Waals surface area contributed by atoms with Crippen molar-refractivity contribution in [1.82, 2.24) is 25.8 Å². The number of likely N-dealkylation sites (N-methyl/N-ethyl adjacent to an activating group) is 1. The molecular formula is C47H52N8O21. The number of dihydropyridines is 2. The van der Waals surface area contributed by atoms with E-state index in [1.807, 2.05) is 42.3 Å². The van der Waals surface area contributed by atoms with Crippen LogP contribution < -0.4 is 10.6 Å². The van der Waals surface area contributed by atoms with Crippen molar-refractivity contribution in [3.8, 4) is 0 Å². The van der Waals surface area contributed by atoms with Gasteiger partial charge in [-0.3, -0.25) is 15.0 Å². The Morgan fingerprint density at radius 3 is 1.64 bits per heavy atom. The van der Waals surface area contributed by atoms with E-state index in [2.05, 4.69) is 30.6 Å². The number of nitro groups is 1. The summed E-state index contributed by atoms with van der Waals surface area (Å²) in [5.74, 6) is -2.02. The first-order valence-corrected chi connectivity index (χ1v) is 22.7. The van der Waals surface area contributed by atoms with E-state index in [4.69, 9.17) is 42.5 Å². The van der Waals surface area contributed by atoms with Gasteiger partial charge in [-0.15, -0.1) is 20.2 Å². The van der Waals surface area contributed by atoms with Crippen molar-refractivity contribution < 1.29 is 86.5 Å². The lowest BCUT2D eigenvalue weighted by molar-refractivity contribution is -0.757. The smallest absolute Gasteiger partial charge is 0.433 e. The highest BCUT2D eigenvalue weighted by Gasteiger charge is 2.39. The number of nitrogens with zero attached hydrogens (tertiary/aromatic N) is 6. The van der Waals surface area contributed by atoms with Crippen LogP contribution in [0.3, 0.4) is 0 Å². The van der Waals surface area contributed by atoms with Crippen molar-refractivity contribution in [3.63, 3.8) is 0 Å². The number of aromatic nitrogens is 2. The van der Waals surface area contributed by atoms with Gasteiger partial charge in [0.25, 0.3) is 15.9 Å². The predicted molar refractivity (Wildman–Crippen MR) is 256 cm³/mol. The largest absolute Gasteiger partial charge is 0.513 e. The molecule has 0 radical (unpaired) electrons. The molecular weight excluding hydrogens is 1010 g/mol. The van der Waals surface area contributed by atoms with E-state index >= 15 is 0 Å². The molecule has 0 amide bonds. The number of rotatable bonds is 21. The van der Waals surface area contributed by atoms with Gasteiger partial charge in [-0.25, -0.2) is 23.8 Å². The number of carbonyl (C=O) groups excluding carboxylic acids is 4. The van der Waals surface area contributed by atoms with Crippen LogP contribution in [0.25, 0.3) is 11.0 Å². The molecule has 0 saturated carbocycles. The van der Waals surface area contributed by atoms with Crippen molar-refractivity contribution in [3.05, 3.63) is 166 Å². The second kappa shape index (κ2) is 27.5. The number of allylic oxidation sites excluding steroid dienone is 4. The van der Waals surface area contributed by atoms with Crippen LogP contribution in [-0.4, -0.2) is 108 Å². The van der Waals surface area contributed by atoms with Crippen LogP contribution in [0.15, 0.2) is 123 Å². The van der Waals surface area contributed by atoms with Crippen molar-refractivity contribution >= 4 is 41.3 Å². The molecule has 406 valence electrons. The minimum absolute atomic E-state index is 0.0141. The van der Waals surface area contributed by atoms with Gasteiger partial charge in [0.15, 0.2) is 0 Å². The summed E-state index contributed by atoms with van der Waals surface area (Å²) in [4.78, 5) is 91.3. The Morgan fingerprint density at radius 1 is 0.632 bits per heavy atom. The molecule has 29 nitrogen and oxygen atoms in total. The average molecular weight is 1060 g/mol. The number of benzene rings is 3. The summed E-state index contributed by atoms with van der Waals surface area (Å²) in [5, 5.41) is 43.6. The molecule has 3 aromatic carbocycles. The fourth-order valence-electron chi connectivity index (χ4n) is 7.31. The highest BCUT2D eigenvalue weighted by Crippen LogP contribution is 2.43. The Kier molecular flexibility index (Phi) is 20.8. The van der Waals surface area contributed by atoms with Gasteiger partial charge in [-0.1, -0.05) is 54.6 Å². The van der Waals surface area contributed by atoms with Gasteiger partial charge in [-0.2, -0.15) is 0 Å². The Balaban J connectivity index is 0.000000287. The van der Waals surface area contributed by atoms with Crippen molar-refractivity contribution in [1.29, 1.82) is 0 Å². The summed E-state index contributed by atoms with van der Waals surface area (Å²) in [5.41, 5.74) is 3.92. The number of nitro benzene ring substituents is 1. The molecule has 2 N–H and O–H groups in total. The minimum atomic E-state index is -1.23. The molecule has 2 unspecified atom stereocenters. The van der Waals surface area contributed by atoms with Gasteiger partial charge in [0.2, 0.25) is 0 Å². The molecule has 0 bridgehead atoms. The molecule has 76 heavy (non-hydrogen) atoms.